The fraction of sp³-hybridized carbons (Fsp3) is 0.0952. The molecule has 2 unspecified atom stereocenters. The van der Waals surface area contributed by atoms with E-state index >= 15 is 0 Å². The maximum atomic E-state index is 4.73. The Bertz CT molecular complexity index is 732. The van der Waals surface area contributed by atoms with Crippen LogP contribution < -0.4 is 5.01 Å². The highest BCUT2D eigenvalue weighted by atomic mass is 15.5. The summed E-state index contributed by atoms with van der Waals surface area (Å²) in [6.45, 7) is 0. The average Bonchev–Trinajstić information content (AvgIpc) is 3.09. The van der Waals surface area contributed by atoms with Gasteiger partial charge in [0.05, 0.1) is 11.7 Å². The fourth-order valence-corrected chi connectivity index (χ4v) is 3.20. The third-order valence-electron chi connectivity index (χ3n) is 4.30. The maximum absolute atomic E-state index is 4.73. The first kappa shape index (κ1) is 13.8. The molecule has 0 saturated heterocycles. The van der Waals surface area contributed by atoms with Crippen molar-refractivity contribution >= 4 is 11.9 Å². The van der Waals surface area contributed by atoms with Crippen molar-refractivity contribution < 1.29 is 0 Å². The lowest BCUT2D eigenvalue weighted by atomic mass is 9.88. The molecule has 0 amide bonds. The van der Waals surface area contributed by atoms with Crippen LogP contribution in [0, 0.1) is 0 Å². The first-order valence-corrected chi connectivity index (χ1v) is 7.92. The van der Waals surface area contributed by atoms with E-state index in [-0.39, 0.29) is 12.0 Å². The predicted octanol–water partition coefficient (Wildman–Crippen LogP) is 5.02. The molecule has 0 radical (unpaired) electrons. The average molecular weight is 298 g/mol. The second-order valence-corrected chi connectivity index (χ2v) is 5.74. The summed E-state index contributed by atoms with van der Waals surface area (Å²) in [7, 11) is 0. The summed E-state index contributed by atoms with van der Waals surface area (Å²) in [5.74, 6) is 0.249. The molecule has 2 heteroatoms. The van der Waals surface area contributed by atoms with Crippen LogP contribution in [-0.4, -0.2) is 6.21 Å². The molecule has 0 saturated carbocycles. The van der Waals surface area contributed by atoms with Gasteiger partial charge in [-0.05, 0) is 23.3 Å². The van der Waals surface area contributed by atoms with Crippen molar-refractivity contribution in [2.45, 2.75) is 12.0 Å². The molecular formula is C21H18N2. The highest BCUT2D eigenvalue weighted by Gasteiger charge is 2.34. The number of anilines is 1. The zero-order valence-electron chi connectivity index (χ0n) is 12.8. The smallest absolute Gasteiger partial charge is 0.0894 e. The van der Waals surface area contributed by atoms with Crippen LogP contribution in [0.25, 0.3) is 0 Å². The number of hydrazone groups is 1. The molecule has 0 spiro atoms. The van der Waals surface area contributed by atoms with Gasteiger partial charge in [0.25, 0.3) is 0 Å². The lowest BCUT2D eigenvalue weighted by molar-refractivity contribution is 0.650. The second-order valence-electron chi connectivity index (χ2n) is 5.74. The van der Waals surface area contributed by atoms with Crippen molar-refractivity contribution in [3.8, 4) is 0 Å². The van der Waals surface area contributed by atoms with Gasteiger partial charge in [-0.15, -0.1) is 0 Å². The molecule has 1 heterocycles. The van der Waals surface area contributed by atoms with E-state index in [9.17, 15) is 0 Å². The topological polar surface area (TPSA) is 15.6 Å². The van der Waals surface area contributed by atoms with Crippen molar-refractivity contribution in [2.24, 2.45) is 5.10 Å². The molecule has 3 aromatic rings. The summed E-state index contributed by atoms with van der Waals surface area (Å²) in [5, 5.41) is 6.86. The SMILES string of the molecule is C1=NN(c2ccccc2)C(c2ccccc2)C1c1ccccc1. The number of hydrogen-bond donors (Lipinski definition) is 0. The quantitative estimate of drug-likeness (QED) is 0.663. The summed E-state index contributed by atoms with van der Waals surface area (Å²) >= 11 is 0. The van der Waals surface area contributed by atoms with Gasteiger partial charge in [-0.1, -0.05) is 78.9 Å². The Kier molecular flexibility index (Phi) is 3.65. The Hall–Kier alpha value is -2.87. The molecule has 1 aliphatic rings. The van der Waals surface area contributed by atoms with Gasteiger partial charge in [0.2, 0.25) is 0 Å². The minimum absolute atomic E-state index is 0.181. The largest absolute Gasteiger partial charge is 0.257 e. The summed E-state index contributed by atoms with van der Waals surface area (Å²) in [6, 6.07) is 31.8. The van der Waals surface area contributed by atoms with Crippen molar-refractivity contribution in [3.63, 3.8) is 0 Å². The summed E-state index contributed by atoms with van der Waals surface area (Å²) in [5.41, 5.74) is 3.70. The maximum Gasteiger partial charge on any atom is 0.0894 e. The van der Waals surface area contributed by atoms with E-state index in [1.807, 2.05) is 6.07 Å². The molecule has 23 heavy (non-hydrogen) atoms. The summed E-state index contributed by atoms with van der Waals surface area (Å²) in [4.78, 5) is 0. The summed E-state index contributed by atoms with van der Waals surface area (Å²) in [6.07, 6.45) is 2.07. The van der Waals surface area contributed by atoms with Crippen LogP contribution in [0.5, 0.6) is 0 Å². The van der Waals surface area contributed by atoms with E-state index < -0.39 is 0 Å². The van der Waals surface area contributed by atoms with Gasteiger partial charge in [0, 0.05) is 12.1 Å². The molecule has 1 aliphatic heterocycles. The Morgan fingerprint density at radius 2 is 1.13 bits per heavy atom. The number of nitrogens with zero attached hydrogens (tertiary/aromatic N) is 2. The van der Waals surface area contributed by atoms with Crippen LogP contribution in [-0.2, 0) is 0 Å². The van der Waals surface area contributed by atoms with E-state index in [1.54, 1.807) is 0 Å². The summed E-state index contributed by atoms with van der Waals surface area (Å²) < 4.78 is 0. The van der Waals surface area contributed by atoms with Crippen LogP contribution in [0.1, 0.15) is 23.1 Å². The molecule has 0 aliphatic carbocycles. The van der Waals surface area contributed by atoms with Crippen molar-refractivity contribution in [1.82, 2.24) is 0 Å². The third-order valence-corrected chi connectivity index (χ3v) is 4.30. The third kappa shape index (κ3) is 2.64. The van der Waals surface area contributed by atoms with Gasteiger partial charge in [-0.25, -0.2) is 0 Å². The van der Waals surface area contributed by atoms with E-state index in [1.165, 1.54) is 11.1 Å². The number of rotatable bonds is 3. The molecule has 0 fully saturated rings. The zero-order chi connectivity index (χ0) is 15.5. The molecular weight excluding hydrogens is 280 g/mol. The fourth-order valence-electron chi connectivity index (χ4n) is 3.20. The minimum atomic E-state index is 0.181. The molecule has 2 atom stereocenters. The second kappa shape index (κ2) is 6.09. The first-order chi connectivity index (χ1) is 11.4. The van der Waals surface area contributed by atoms with E-state index in [4.69, 9.17) is 5.10 Å². The standard InChI is InChI=1S/C21H18N2/c1-4-10-17(11-5-1)20-16-22-23(19-14-8-3-9-15-19)21(20)18-12-6-2-7-13-18/h1-16,20-21H. The molecule has 0 bridgehead atoms. The number of benzene rings is 3. The molecule has 112 valence electrons. The van der Waals surface area contributed by atoms with Gasteiger partial charge in [-0.2, -0.15) is 5.10 Å². The molecule has 2 nitrogen and oxygen atoms in total. The van der Waals surface area contributed by atoms with Crippen LogP contribution in [0.15, 0.2) is 96.1 Å². The van der Waals surface area contributed by atoms with Crippen molar-refractivity contribution in [2.75, 3.05) is 5.01 Å². The Balaban J connectivity index is 1.78. The number of hydrogen-bond acceptors (Lipinski definition) is 2. The van der Waals surface area contributed by atoms with Gasteiger partial charge in [0.15, 0.2) is 0 Å². The van der Waals surface area contributed by atoms with Gasteiger partial charge in [-0.3, -0.25) is 5.01 Å². The molecule has 3 aromatic carbocycles. The van der Waals surface area contributed by atoms with Gasteiger partial charge in [0.1, 0.15) is 0 Å². The minimum Gasteiger partial charge on any atom is -0.257 e. The van der Waals surface area contributed by atoms with Crippen LogP contribution in [0.4, 0.5) is 5.69 Å². The monoisotopic (exact) mass is 298 g/mol. The normalized spacial score (nSPS) is 19.9. The van der Waals surface area contributed by atoms with Gasteiger partial charge < -0.3 is 0 Å². The number of para-hydroxylation sites is 1. The van der Waals surface area contributed by atoms with Crippen molar-refractivity contribution in [3.05, 3.63) is 102 Å². The molecule has 0 aromatic heterocycles. The molecule has 0 N–H and O–H groups in total. The van der Waals surface area contributed by atoms with Crippen LogP contribution >= 0.6 is 0 Å². The predicted molar refractivity (Wildman–Crippen MR) is 95.8 cm³/mol. The highest BCUT2D eigenvalue weighted by molar-refractivity contribution is 5.76. The highest BCUT2D eigenvalue weighted by Crippen LogP contribution is 2.41. The van der Waals surface area contributed by atoms with Gasteiger partial charge >= 0.3 is 0 Å². The lowest BCUT2D eigenvalue weighted by Crippen LogP contribution is -2.23. The van der Waals surface area contributed by atoms with E-state index in [2.05, 4.69) is 96.2 Å². The van der Waals surface area contributed by atoms with E-state index in [0.717, 1.165) is 5.69 Å². The van der Waals surface area contributed by atoms with E-state index in [0.29, 0.717) is 0 Å². The van der Waals surface area contributed by atoms with Crippen LogP contribution in [0.2, 0.25) is 0 Å². The Morgan fingerprint density at radius 3 is 1.74 bits per heavy atom. The lowest BCUT2D eigenvalue weighted by Gasteiger charge is -2.28. The van der Waals surface area contributed by atoms with Crippen molar-refractivity contribution in [1.29, 1.82) is 0 Å². The Labute approximate surface area is 136 Å². The zero-order valence-corrected chi connectivity index (χ0v) is 12.8. The molecule has 4 rings (SSSR count). The Morgan fingerprint density at radius 1 is 0.609 bits per heavy atom. The first-order valence-electron chi connectivity index (χ1n) is 7.92. The van der Waals surface area contributed by atoms with Crippen LogP contribution in [0.3, 0.4) is 0 Å².